The van der Waals surface area contributed by atoms with Crippen LogP contribution in [0.4, 0.5) is 10.2 Å². The SMILES string of the molecule is O=C(N[C@@H](CO)c1ccc(F)cc1CO)C1CCN(c2ncnc3[nH]ccc23)CC12CC2. The number of aliphatic hydroxyl groups is 2. The highest BCUT2D eigenvalue weighted by molar-refractivity contribution is 5.88. The Balaban J connectivity index is 1.33. The quantitative estimate of drug-likeness (QED) is 0.467. The van der Waals surface area contributed by atoms with Crippen LogP contribution in [0, 0.1) is 17.2 Å². The van der Waals surface area contributed by atoms with Gasteiger partial charge in [-0.1, -0.05) is 6.07 Å². The molecule has 1 aliphatic carbocycles. The molecule has 9 heteroatoms. The number of nitrogens with one attached hydrogen (secondary N) is 2. The van der Waals surface area contributed by atoms with E-state index in [1.807, 2.05) is 12.3 Å². The number of anilines is 1. The zero-order valence-electron chi connectivity index (χ0n) is 17.6. The van der Waals surface area contributed by atoms with E-state index in [-0.39, 0.29) is 30.5 Å². The third-order valence-corrected chi connectivity index (χ3v) is 6.92. The first kappa shape index (κ1) is 20.8. The Morgan fingerprint density at radius 3 is 2.91 bits per heavy atom. The van der Waals surface area contributed by atoms with Crippen LogP contribution in [-0.4, -0.2) is 50.8 Å². The molecule has 1 saturated carbocycles. The second-order valence-corrected chi connectivity index (χ2v) is 8.81. The predicted octanol–water partition coefficient (Wildman–Crippen LogP) is 2.05. The largest absolute Gasteiger partial charge is 0.394 e. The number of aromatic nitrogens is 3. The van der Waals surface area contributed by atoms with Crippen LogP contribution in [0.3, 0.4) is 0 Å². The monoisotopic (exact) mass is 439 g/mol. The van der Waals surface area contributed by atoms with Gasteiger partial charge in [0.2, 0.25) is 5.91 Å². The smallest absolute Gasteiger partial charge is 0.224 e. The number of H-pyrrole nitrogens is 1. The number of fused-ring (bicyclic) bond motifs is 1. The highest BCUT2D eigenvalue weighted by Gasteiger charge is 2.55. The Morgan fingerprint density at radius 1 is 1.31 bits per heavy atom. The van der Waals surface area contributed by atoms with E-state index < -0.39 is 11.9 Å². The minimum absolute atomic E-state index is 0.108. The molecule has 1 aromatic carbocycles. The van der Waals surface area contributed by atoms with Crippen molar-refractivity contribution < 1.29 is 19.4 Å². The third-order valence-electron chi connectivity index (χ3n) is 6.92. The van der Waals surface area contributed by atoms with Gasteiger partial charge in [0.1, 0.15) is 23.6 Å². The second kappa shape index (κ2) is 8.14. The van der Waals surface area contributed by atoms with E-state index in [0.29, 0.717) is 24.1 Å². The van der Waals surface area contributed by atoms with Crippen molar-refractivity contribution in [2.75, 3.05) is 24.6 Å². The summed E-state index contributed by atoms with van der Waals surface area (Å²) in [5, 5.41) is 23.4. The number of benzene rings is 1. The number of hydrogen-bond acceptors (Lipinski definition) is 6. The van der Waals surface area contributed by atoms with E-state index in [2.05, 4.69) is 25.2 Å². The molecule has 1 amide bonds. The summed E-state index contributed by atoms with van der Waals surface area (Å²) in [4.78, 5) is 27.4. The molecule has 0 radical (unpaired) electrons. The van der Waals surface area contributed by atoms with Gasteiger partial charge in [0.25, 0.3) is 0 Å². The maximum Gasteiger partial charge on any atom is 0.224 e. The van der Waals surface area contributed by atoms with Crippen molar-refractivity contribution in [3.8, 4) is 0 Å². The molecule has 1 aliphatic heterocycles. The number of rotatable bonds is 6. The number of hydrogen-bond donors (Lipinski definition) is 4. The molecule has 0 bridgehead atoms. The average Bonchev–Trinajstić information content (AvgIpc) is 3.38. The molecule has 4 N–H and O–H groups in total. The zero-order valence-corrected chi connectivity index (χ0v) is 17.6. The normalized spacial score (nSPS) is 20.5. The molecule has 3 heterocycles. The van der Waals surface area contributed by atoms with Crippen molar-refractivity contribution in [1.29, 1.82) is 0 Å². The molecular formula is C23H26FN5O3. The van der Waals surface area contributed by atoms with E-state index >= 15 is 0 Å². The van der Waals surface area contributed by atoms with Gasteiger partial charge in [0.05, 0.1) is 24.6 Å². The minimum Gasteiger partial charge on any atom is -0.394 e. The van der Waals surface area contributed by atoms with Crippen LogP contribution in [0.2, 0.25) is 0 Å². The van der Waals surface area contributed by atoms with Gasteiger partial charge in [-0.2, -0.15) is 0 Å². The predicted molar refractivity (Wildman–Crippen MR) is 116 cm³/mol. The van der Waals surface area contributed by atoms with E-state index in [1.54, 1.807) is 6.33 Å². The molecule has 8 nitrogen and oxygen atoms in total. The van der Waals surface area contributed by atoms with Crippen molar-refractivity contribution in [1.82, 2.24) is 20.3 Å². The Kier molecular flexibility index (Phi) is 5.30. The van der Waals surface area contributed by atoms with Crippen LogP contribution in [0.5, 0.6) is 0 Å². The van der Waals surface area contributed by atoms with Crippen LogP contribution in [0.1, 0.15) is 36.4 Å². The van der Waals surface area contributed by atoms with Gasteiger partial charge in [0.15, 0.2) is 0 Å². The first-order chi connectivity index (χ1) is 15.5. The fourth-order valence-corrected chi connectivity index (χ4v) is 5.07. The van der Waals surface area contributed by atoms with Crippen LogP contribution >= 0.6 is 0 Å². The van der Waals surface area contributed by atoms with Crippen molar-refractivity contribution >= 4 is 22.8 Å². The molecule has 2 aliphatic rings. The summed E-state index contributed by atoms with van der Waals surface area (Å²) < 4.78 is 13.5. The molecule has 168 valence electrons. The molecule has 5 rings (SSSR count). The summed E-state index contributed by atoms with van der Waals surface area (Å²) in [6.45, 7) is 0.737. The highest BCUT2D eigenvalue weighted by Crippen LogP contribution is 2.56. The molecule has 32 heavy (non-hydrogen) atoms. The van der Waals surface area contributed by atoms with Crippen LogP contribution in [0.15, 0.2) is 36.8 Å². The first-order valence-corrected chi connectivity index (χ1v) is 10.9. The van der Waals surface area contributed by atoms with Crippen molar-refractivity contribution in [3.63, 3.8) is 0 Å². The van der Waals surface area contributed by atoms with E-state index in [1.165, 1.54) is 18.2 Å². The molecule has 2 atom stereocenters. The Hall–Kier alpha value is -3.04. The van der Waals surface area contributed by atoms with Crippen molar-refractivity contribution in [3.05, 3.63) is 53.7 Å². The Morgan fingerprint density at radius 2 is 2.16 bits per heavy atom. The average molecular weight is 439 g/mol. The summed E-state index contributed by atoms with van der Waals surface area (Å²) in [6, 6.07) is 5.29. The lowest BCUT2D eigenvalue weighted by Gasteiger charge is -2.39. The molecule has 2 fully saturated rings. The fourth-order valence-electron chi connectivity index (χ4n) is 5.07. The zero-order chi connectivity index (χ0) is 22.3. The van der Waals surface area contributed by atoms with Crippen LogP contribution in [0.25, 0.3) is 11.0 Å². The lowest BCUT2D eigenvalue weighted by atomic mass is 9.81. The molecular weight excluding hydrogens is 413 g/mol. The van der Waals surface area contributed by atoms with Crippen molar-refractivity contribution in [2.45, 2.75) is 31.9 Å². The standard InChI is InChI=1S/C23H26FN5O3/c24-15-1-2-16(14(9-15)10-30)19(11-31)28-22(32)18-4-8-29(12-23(18)5-6-23)21-17-3-7-25-20(17)26-13-27-21/h1-3,7,9,13,18-19,30-31H,4-6,8,10-12H2,(H,28,32)(H,25,26,27)/t18?,19-/m0/s1. The highest BCUT2D eigenvalue weighted by atomic mass is 19.1. The topological polar surface area (TPSA) is 114 Å². The summed E-state index contributed by atoms with van der Waals surface area (Å²) in [7, 11) is 0. The maximum atomic E-state index is 13.5. The first-order valence-electron chi connectivity index (χ1n) is 10.9. The third kappa shape index (κ3) is 3.61. The van der Waals surface area contributed by atoms with Crippen molar-refractivity contribution in [2.24, 2.45) is 11.3 Å². The van der Waals surface area contributed by atoms with E-state index in [4.69, 9.17) is 0 Å². The summed E-state index contributed by atoms with van der Waals surface area (Å²) in [5.74, 6) is 0.137. The second-order valence-electron chi connectivity index (χ2n) is 8.81. The summed E-state index contributed by atoms with van der Waals surface area (Å²) in [5.41, 5.74) is 1.57. The number of piperidine rings is 1. The molecule has 3 aromatic rings. The summed E-state index contributed by atoms with van der Waals surface area (Å²) in [6.07, 6.45) is 6.01. The molecule has 2 aromatic heterocycles. The fraction of sp³-hybridized carbons (Fsp3) is 0.435. The van der Waals surface area contributed by atoms with E-state index in [9.17, 15) is 19.4 Å². The molecule has 1 saturated heterocycles. The number of carbonyl (C=O) groups excluding carboxylic acids is 1. The minimum atomic E-state index is -0.694. The van der Waals surface area contributed by atoms with Gasteiger partial charge in [0, 0.05) is 25.2 Å². The van der Waals surface area contributed by atoms with Gasteiger partial charge in [-0.25, -0.2) is 14.4 Å². The number of aliphatic hydroxyl groups excluding tert-OH is 2. The summed E-state index contributed by atoms with van der Waals surface area (Å²) >= 11 is 0. The van der Waals surface area contributed by atoms with Gasteiger partial charge in [-0.05, 0) is 54.0 Å². The van der Waals surface area contributed by atoms with E-state index in [0.717, 1.165) is 36.2 Å². The van der Waals surface area contributed by atoms with Gasteiger partial charge in [-0.3, -0.25) is 4.79 Å². The number of amides is 1. The number of aromatic amines is 1. The Labute approximate surface area is 184 Å². The number of nitrogens with zero attached hydrogens (tertiary/aromatic N) is 3. The number of halogens is 1. The van der Waals surface area contributed by atoms with Gasteiger partial charge in [-0.15, -0.1) is 0 Å². The van der Waals surface area contributed by atoms with Gasteiger partial charge < -0.3 is 25.4 Å². The van der Waals surface area contributed by atoms with Crippen LogP contribution in [-0.2, 0) is 11.4 Å². The molecule has 1 spiro atoms. The number of carbonyl (C=O) groups is 1. The Bertz CT molecular complexity index is 1150. The lowest BCUT2D eigenvalue weighted by Crippen LogP contribution is -2.49. The van der Waals surface area contributed by atoms with Crippen LogP contribution < -0.4 is 10.2 Å². The maximum absolute atomic E-state index is 13.5. The lowest BCUT2D eigenvalue weighted by molar-refractivity contribution is -0.129. The van der Waals surface area contributed by atoms with Gasteiger partial charge >= 0.3 is 0 Å². The molecule has 1 unspecified atom stereocenters.